The topological polar surface area (TPSA) is 52.4 Å². The van der Waals surface area contributed by atoms with Gasteiger partial charge in [-0.05, 0) is 61.5 Å². The molecule has 182 valence electrons. The Kier molecular flexibility index (Phi) is 7.49. The first-order valence-corrected chi connectivity index (χ1v) is 12.9. The third-order valence-corrected chi connectivity index (χ3v) is 7.85. The molecule has 0 bridgehead atoms. The smallest absolute Gasteiger partial charge is 0.224 e. The van der Waals surface area contributed by atoms with Crippen molar-refractivity contribution >= 4 is 22.6 Å². The number of hydrogen-bond donors (Lipinski definition) is 0. The summed E-state index contributed by atoms with van der Waals surface area (Å²) in [4.78, 5) is 11.4. The zero-order chi connectivity index (χ0) is 23.5. The molecule has 1 aliphatic carbocycles. The van der Waals surface area contributed by atoms with Crippen molar-refractivity contribution in [3.8, 4) is 11.1 Å². The molecule has 2 aliphatic rings. The molecule has 0 atom stereocenters. The van der Waals surface area contributed by atoms with E-state index in [1.807, 2.05) is 6.20 Å². The number of rotatable bonds is 7. The number of fused-ring (bicyclic) bond motifs is 1. The SMILES string of the molecule is COC(OC)C1CCN(Cc2ccc(-c3cn(C4CCCCC4)c4nc(Cl)ncc34)cc2)CC1. The molecule has 5 rings (SSSR count). The lowest BCUT2D eigenvalue weighted by molar-refractivity contribution is -0.147. The van der Waals surface area contributed by atoms with Crippen LogP contribution in [0, 0.1) is 5.92 Å². The van der Waals surface area contributed by atoms with Gasteiger partial charge in [-0.15, -0.1) is 0 Å². The molecule has 2 fully saturated rings. The average Bonchev–Trinajstić information content (AvgIpc) is 3.25. The number of aromatic nitrogens is 3. The summed E-state index contributed by atoms with van der Waals surface area (Å²) in [6.45, 7) is 3.12. The van der Waals surface area contributed by atoms with Crippen LogP contribution >= 0.6 is 11.6 Å². The zero-order valence-electron chi connectivity index (χ0n) is 20.3. The Labute approximate surface area is 207 Å². The highest BCUT2D eigenvalue weighted by molar-refractivity contribution is 6.28. The van der Waals surface area contributed by atoms with Gasteiger partial charge in [0.2, 0.25) is 5.28 Å². The number of hydrogen-bond acceptors (Lipinski definition) is 5. The Bertz CT molecular complexity index is 1080. The summed E-state index contributed by atoms with van der Waals surface area (Å²) < 4.78 is 13.3. The summed E-state index contributed by atoms with van der Waals surface area (Å²) in [5.74, 6) is 0.478. The van der Waals surface area contributed by atoms with Crippen LogP contribution in [0.15, 0.2) is 36.7 Å². The number of ether oxygens (including phenoxy) is 2. The molecule has 2 aromatic heterocycles. The first-order chi connectivity index (χ1) is 16.7. The van der Waals surface area contributed by atoms with Crippen LogP contribution < -0.4 is 0 Å². The van der Waals surface area contributed by atoms with Crippen molar-refractivity contribution in [1.29, 1.82) is 0 Å². The van der Waals surface area contributed by atoms with Crippen LogP contribution in [0.2, 0.25) is 5.28 Å². The fourth-order valence-electron chi connectivity index (χ4n) is 5.79. The van der Waals surface area contributed by atoms with E-state index in [4.69, 9.17) is 21.1 Å². The van der Waals surface area contributed by atoms with Crippen molar-refractivity contribution < 1.29 is 9.47 Å². The van der Waals surface area contributed by atoms with Crippen LogP contribution in [0.3, 0.4) is 0 Å². The van der Waals surface area contributed by atoms with Crippen LogP contribution in [0.25, 0.3) is 22.2 Å². The minimum atomic E-state index is -0.0870. The molecule has 0 unspecified atom stereocenters. The normalized spacial score (nSPS) is 18.8. The van der Waals surface area contributed by atoms with Crippen molar-refractivity contribution in [2.24, 2.45) is 5.92 Å². The predicted octanol–water partition coefficient (Wildman–Crippen LogP) is 6.09. The van der Waals surface area contributed by atoms with Gasteiger partial charge in [-0.3, -0.25) is 4.90 Å². The summed E-state index contributed by atoms with van der Waals surface area (Å²) in [5, 5.41) is 1.39. The van der Waals surface area contributed by atoms with Crippen molar-refractivity contribution in [2.75, 3.05) is 27.3 Å². The number of benzene rings is 1. The molecule has 1 aliphatic heterocycles. The quantitative estimate of drug-likeness (QED) is 0.301. The molecular formula is C27H35ClN4O2. The second kappa shape index (κ2) is 10.7. The van der Waals surface area contributed by atoms with E-state index in [-0.39, 0.29) is 6.29 Å². The maximum absolute atomic E-state index is 6.19. The van der Waals surface area contributed by atoms with E-state index in [0.29, 0.717) is 17.2 Å². The fraction of sp³-hybridized carbons (Fsp3) is 0.556. The highest BCUT2D eigenvalue weighted by Crippen LogP contribution is 2.36. The van der Waals surface area contributed by atoms with Crippen molar-refractivity contribution in [1.82, 2.24) is 19.4 Å². The zero-order valence-corrected chi connectivity index (χ0v) is 21.0. The maximum atomic E-state index is 6.19. The monoisotopic (exact) mass is 482 g/mol. The molecule has 0 spiro atoms. The fourth-order valence-corrected chi connectivity index (χ4v) is 5.92. The van der Waals surface area contributed by atoms with Crippen molar-refractivity contribution in [2.45, 2.75) is 63.8 Å². The van der Waals surface area contributed by atoms with Crippen molar-refractivity contribution in [3.05, 3.63) is 47.5 Å². The second-order valence-electron chi connectivity index (χ2n) is 9.77. The highest BCUT2D eigenvalue weighted by atomic mass is 35.5. The van der Waals surface area contributed by atoms with Gasteiger partial charge in [0.1, 0.15) is 5.65 Å². The lowest BCUT2D eigenvalue weighted by Crippen LogP contribution is -2.38. The molecule has 6 nitrogen and oxygen atoms in total. The van der Waals surface area contributed by atoms with Gasteiger partial charge in [-0.1, -0.05) is 43.5 Å². The van der Waals surface area contributed by atoms with Gasteiger partial charge in [-0.2, -0.15) is 4.98 Å². The maximum Gasteiger partial charge on any atom is 0.224 e. The number of piperidine rings is 1. The Morgan fingerprint density at radius 3 is 2.38 bits per heavy atom. The largest absolute Gasteiger partial charge is 0.356 e. The number of halogens is 1. The van der Waals surface area contributed by atoms with Crippen molar-refractivity contribution in [3.63, 3.8) is 0 Å². The van der Waals surface area contributed by atoms with Crippen LogP contribution in [0.4, 0.5) is 0 Å². The minimum absolute atomic E-state index is 0.0870. The Morgan fingerprint density at radius 2 is 1.71 bits per heavy atom. The Morgan fingerprint density at radius 1 is 1.00 bits per heavy atom. The summed E-state index contributed by atoms with van der Waals surface area (Å²) in [6, 6.07) is 9.49. The number of nitrogens with zero attached hydrogens (tertiary/aromatic N) is 4. The standard InChI is InChI=1S/C27H35ClN4O2/c1-33-26(34-2)21-12-14-31(15-13-21)17-19-8-10-20(11-9-19)24-18-32(22-6-4-3-5-7-22)25-23(24)16-29-27(28)30-25/h8-11,16,18,21-22,26H,3-7,12-15,17H2,1-2H3. The highest BCUT2D eigenvalue weighted by Gasteiger charge is 2.26. The number of likely N-dealkylation sites (tertiary alicyclic amines) is 1. The molecule has 3 aromatic rings. The average molecular weight is 483 g/mol. The Balaban J connectivity index is 1.31. The van der Waals surface area contributed by atoms with E-state index in [1.54, 1.807) is 14.2 Å². The van der Waals surface area contributed by atoms with Crippen LogP contribution in [0.1, 0.15) is 56.6 Å². The van der Waals surface area contributed by atoms with Gasteiger partial charge in [0.05, 0.1) is 0 Å². The van der Waals surface area contributed by atoms with E-state index in [9.17, 15) is 0 Å². The molecule has 0 N–H and O–H groups in total. The first kappa shape index (κ1) is 23.7. The molecule has 0 amide bonds. The van der Waals surface area contributed by atoms with E-state index >= 15 is 0 Å². The molecule has 3 heterocycles. The third-order valence-electron chi connectivity index (χ3n) is 7.66. The molecule has 1 saturated heterocycles. The summed E-state index contributed by atoms with van der Waals surface area (Å²) >= 11 is 6.19. The molecular weight excluding hydrogens is 448 g/mol. The van der Waals surface area contributed by atoms with Gasteiger partial charge < -0.3 is 14.0 Å². The Hall–Kier alpha value is -1.99. The summed E-state index contributed by atoms with van der Waals surface area (Å²) in [7, 11) is 3.46. The summed E-state index contributed by atoms with van der Waals surface area (Å²) in [5.41, 5.74) is 4.69. The van der Waals surface area contributed by atoms with E-state index in [0.717, 1.165) is 43.5 Å². The van der Waals surface area contributed by atoms with E-state index in [1.165, 1.54) is 48.8 Å². The van der Waals surface area contributed by atoms with Gasteiger partial charge >= 0.3 is 0 Å². The second-order valence-corrected chi connectivity index (χ2v) is 10.1. The lowest BCUT2D eigenvalue weighted by Gasteiger charge is -2.34. The predicted molar refractivity (Wildman–Crippen MR) is 136 cm³/mol. The molecule has 7 heteroatoms. The van der Waals surface area contributed by atoms with Gasteiger partial charge in [0.25, 0.3) is 0 Å². The minimum Gasteiger partial charge on any atom is -0.356 e. The third kappa shape index (κ3) is 5.01. The molecule has 1 saturated carbocycles. The molecule has 34 heavy (non-hydrogen) atoms. The summed E-state index contributed by atoms with van der Waals surface area (Å²) in [6.07, 6.45) is 12.6. The molecule has 1 aromatic carbocycles. The molecule has 0 radical (unpaired) electrons. The first-order valence-electron chi connectivity index (χ1n) is 12.6. The van der Waals surface area contributed by atoms with Crippen LogP contribution in [-0.2, 0) is 16.0 Å². The van der Waals surface area contributed by atoms with Crippen LogP contribution in [0.5, 0.6) is 0 Å². The van der Waals surface area contributed by atoms with E-state index in [2.05, 4.69) is 49.9 Å². The lowest BCUT2D eigenvalue weighted by atomic mass is 9.95. The number of methoxy groups -OCH3 is 2. The van der Waals surface area contributed by atoms with Gasteiger partial charge in [-0.25, -0.2) is 4.98 Å². The van der Waals surface area contributed by atoms with Gasteiger partial charge in [0.15, 0.2) is 6.29 Å². The van der Waals surface area contributed by atoms with Crippen LogP contribution in [-0.4, -0.2) is 53.0 Å². The van der Waals surface area contributed by atoms with Gasteiger partial charge in [0, 0.05) is 56.1 Å². The van der Waals surface area contributed by atoms with E-state index < -0.39 is 0 Å².